The Morgan fingerprint density at radius 1 is 1.03 bits per heavy atom. The maximum absolute atomic E-state index is 13.3. The minimum atomic E-state index is -0.520. The van der Waals surface area contributed by atoms with Gasteiger partial charge in [0.05, 0.1) is 23.6 Å². The molecule has 1 atom stereocenters. The van der Waals surface area contributed by atoms with E-state index in [0.29, 0.717) is 28.9 Å². The first kappa shape index (κ1) is 27.5. The third-order valence-electron chi connectivity index (χ3n) is 5.83. The molecule has 0 spiro atoms. The zero-order chi connectivity index (χ0) is 26.9. The zero-order valence-electron chi connectivity index (χ0n) is 20.9. The molecule has 0 saturated heterocycles. The molecule has 38 heavy (non-hydrogen) atoms. The van der Waals surface area contributed by atoms with Gasteiger partial charge in [-0.25, -0.2) is 4.39 Å². The van der Waals surface area contributed by atoms with Gasteiger partial charge in [-0.15, -0.1) is 15.3 Å². The second-order valence-electron chi connectivity index (χ2n) is 9.17. The van der Waals surface area contributed by atoms with E-state index in [9.17, 15) is 14.0 Å². The standard InChI is InChI=1S/C27H28ClFN6O2S/c1-17-5-4-6-18(13-17)15-24(36)30-23-12-10-20(32-33-23)7-2-3-8-26-34-35-27(38-26)31-25(37)16-19-9-11-22(29)21(28)14-19/h4,6,9-14,17H,2-3,5,7-8,15-16H2,1H3,(H,30,33,36)(H,31,35,37). The predicted molar refractivity (Wildman–Crippen MR) is 147 cm³/mol. The third kappa shape index (κ3) is 8.53. The summed E-state index contributed by atoms with van der Waals surface area (Å²) in [5, 5.41) is 23.3. The van der Waals surface area contributed by atoms with Crippen LogP contribution in [0.5, 0.6) is 0 Å². The molecule has 0 saturated carbocycles. The van der Waals surface area contributed by atoms with Crippen LogP contribution >= 0.6 is 22.9 Å². The number of hydrogen-bond acceptors (Lipinski definition) is 7. The number of carbonyl (C=O) groups excluding carboxylic acids is 2. The van der Waals surface area contributed by atoms with E-state index in [1.165, 1.54) is 29.5 Å². The summed E-state index contributed by atoms with van der Waals surface area (Å²) in [5.74, 6) is -0.00172. The van der Waals surface area contributed by atoms with E-state index in [4.69, 9.17) is 11.6 Å². The van der Waals surface area contributed by atoms with E-state index in [2.05, 4.69) is 50.1 Å². The average Bonchev–Trinajstić information content (AvgIpc) is 3.32. The first-order valence-corrected chi connectivity index (χ1v) is 13.6. The molecule has 198 valence electrons. The van der Waals surface area contributed by atoms with E-state index in [1.54, 1.807) is 6.07 Å². The number of rotatable bonds is 11. The number of benzene rings is 1. The lowest BCUT2D eigenvalue weighted by atomic mass is 9.96. The SMILES string of the molecule is CC1C=C(CC(=O)Nc2ccc(CCCCc3nnc(NC(=O)Cc4ccc(F)c(Cl)c4)s3)nn2)C=CC1. The Morgan fingerprint density at radius 2 is 1.84 bits per heavy atom. The number of amides is 2. The van der Waals surface area contributed by atoms with E-state index in [-0.39, 0.29) is 23.3 Å². The molecule has 2 heterocycles. The maximum atomic E-state index is 13.3. The Bertz CT molecular complexity index is 1340. The number of carbonyl (C=O) groups is 2. The molecule has 1 unspecified atom stereocenters. The van der Waals surface area contributed by atoms with E-state index in [1.807, 2.05) is 12.1 Å². The summed E-state index contributed by atoms with van der Waals surface area (Å²) in [6.45, 7) is 2.13. The van der Waals surface area contributed by atoms with Crippen molar-refractivity contribution in [2.24, 2.45) is 5.92 Å². The Hall–Kier alpha value is -3.50. The third-order valence-corrected chi connectivity index (χ3v) is 7.01. The predicted octanol–water partition coefficient (Wildman–Crippen LogP) is 5.72. The fraction of sp³-hybridized carbons (Fsp3) is 0.333. The first-order chi connectivity index (χ1) is 18.3. The van der Waals surface area contributed by atoms with Gasteiger partial charge < -0.3 is 10.6 Å². The summed E-state index contributed by atoms with van der Waals surface area (Å²) in [4.78, 5) is 24.5. The van der Waals surface area contributed by atoms with Gasteiger partial charge in [-0.05, 0) is 67.0 Å². The zero-order valence-corrected chi connectivity index (χ0v) is 22.5. The lowest BCUT2D eigenvalue weighted by Crippen LogP contribution is -2.14. The van der Waals surface area contributed by atoms with Crippen LogP contribution < -0.4 is 10.6 Å². The normalized spacial score (nSPS) is 14.7. The van der Waals surface area contributed by atoms with Crippen LogP contribution in [0.4, 0.5) is 15.3 Å². The number of aryl methyl sites for hydroxylation is 2. The Balaban J connectivity index is 1.15. The van der Waals surface area contributed by atoms with Crippen molar-refractivity contribution in [1.82, 2.24) is 20.4 Å². The van der Waals surface area contributed by atoms with Crippen LogP contribution in [-0.2, 0) is 28.9 Å². The van der Waals surface area contributed by atoms with Crippen LogP contribution in [0, 0.1) is 11.7 Å². The summed E-state index contributed by atoms with van der Waals surface area (Å²) in [7, 11) is 0. The minimum absolute atomic E-state index is 0.0160. The molecule has 0 radical (unpaired) electrons. The van der Waals surface area contributed by atoms with Gasteiger partial charge in [0.2, 0.25) is 16.9 Å². The van der Waals surface area contributed by atoms with Gasteiger partial charge in [0, 0.05) is 6.42 Å². The highest BCUT2D eigenvalue weighted by Crippen LogP contribution is 2.21. The monoisotopic (exact) mass is 554 g/mol. The van der Waals surface area contributed by atoms with E-state index >= 15 is 0 Å². The minimum Gasteiger partial charge on any atom is -0.309 e. The highest BCUT2D eigenvalue weighted by molar-refractivity contribution is 7.15. The van der Waals surface area contributed by atoms with Crippen molar-refractivity contribution in [3.8, 4) is 0 Å². The number of unbranched alkanes of at least 4 members (excludes halogenated alkanes) is 1. The number of allylic oxidation sites excluding steroid dienone is 3. The Kier molecular flexibility index (Phi) is 9.67. The van der Waals surface area contributed by atoms with Crippen LogP contribution in [-0.4, -0.2) is 32.2 Å². The van der Waals surface area contributed by atoms with Gasteiger partial charge in [-0.2, -0.15) is 5.10 Å². The molecule has 4 rings (SSSR count). The highest BCUT2D eigenvalue weighted by Gasteiger charge is 2.12. The lowest BCUT2D eigenvalue weighted by Gasteiger charge is -2.12. The summed E-state index contributed by atoms with van der Waals surface area (Å²) in [5.41, 5.74) is 2.48. The summed E-state index contributed by atoms with van der Waals surface area (Å²) >= 11 is 7.09. The number of aromatic nitrogens is 4. The number of anilines is 2. The second-order valence-corrected chi connectivity index (χ2v) is 10.6. The molecule has 0 bridgehead atoms. The van der Waals surface area contributed by atoms with Gasteiger partial charge in [0.15, 0.2) is 5.82 Å². The molecule has 1 aliphatic rings. The largest absolute Gasteiger partial charge is 0.309 e. The quantitative estimate of drug-likeness (QED) is 0.293. The second kappa shape index (κ2) is 13.3. The topological polar surface area (TPSA) is 110 Å². The smallest absolute Gasteiger partial charge is 0.230 e. The fourth-order valence-corrected chi connectivity index (χ4v) is 4.96. The number of nitrogens with one attached hydrogen (secondary N) is 2. The molecular formula is C27H28ClFN6O2S. The van der Waals surface area contributed by atoms with Gasteiger partial charge in [0.25, 0.3) is 0 Å². The molecule has 2 N–H and O–H groups in total. The maximum Gasteiger partial charge on any atom is 0.230 e. The van der Waals surface area contributed by atoms with Crippen LogP contribution in [0.25, 0.3) is 0 Å². The van der Waals surface area contributed by atoms with Crippen molar-refractivity contribution in [2.45, 2.75) is 51.9 Å². The fourth-order valence-electron chi connectivity index (χ4n) is 3.96. The van der Waals surface area contributed by atoms with Crippen LogP contribution in [0.2, 0.25) is 5.02 Å². The highest BCUT2D eigenvalue weighted by atomic mass is 35.5. The molecular weight excluding hydrogens is 527 g/mol. The van der Waals surface area contributed by atoms with Crippen LogP contribution in [0.3, 0.4) is 0 Å². The van der Waals surface area contributed by atoms with Gasteiger partial charge in [-0.3, -0.25) is 9.59 Å². The van der Waals surface area contributed by atoms with E-state index in [0.717, 1.165) is 48.4 Å². The van der Waals surface area contributed by atoms with Crippen molar-refractivity contribution < 1.29 is 14.0 Å². The molecule has 2 aromatic heterocycles. The van der Waals surface area contributed by atoms with E-state index < -0.39 is 5.82 Å². The van der Waals surface area contributed by atoms with Crippen LogP contribution in [0.15, 0.2) is 54.1 Å². The van der Waals surface area contributed by atoms with Gasteiger partial charge in [0.1, 0.15) is 10.8 Å². The molecule has 1 aliphatic carbocycles. The summed E-state index contributed by atoms with van der Waals surface area (Å²) in [6.07, 6.45) is 10.8. The molecule has 0 aliphatic heterocycles. The van der Waals surface area contributed by atoms with Gasteiger partial charge >= 0.3 is 0 Å². The van der Waals surface area contributed by atoms with Crippen molar-refractivity contribution >= 4 is 45.7 Å². The van der Waals surface area contributed by atoms with Crippen molar-refractivity contribution in [1.29, 1.82) is 0 Å². The van der Waals surface area contributed by atoms with Crippen molar-refractivity contribution in [2.75, 3.05) is 10.6 Å². The molecule has 11 heteroatoms. The Labute approximate surface area is 229 Å². The molecule has 3 aromatic rings. The summed E-state index contributed by atoms with van der Waals surface area (Å²) < 4.78 is 13.3. The molecule has 8 nitrogen and oxygen atoms in total. The molecule has 0 fully saturated rings. The van der Waals surface area contributed by atoms with Crippen molar-refractivity contribution in [3.63, 3.8) is 0 Å². The molecule has 2 amide bonds. The average molecular weight is 555 g/mol. The number of halogens is 2. The van der Waals surface area contributed by atoms with Crippen molar-refractivity contribution in [3.05, 3.63) is 81.2 Å². The number of hydrogen-bond donors (Lipinski definition) is 2. The Morgan fingerprint density at radius 3 is 2.61 bits per heavy atom. The lowest BCUT2D eigenvalue weighted by molar-refractivity contribution is -0.116. The summed E-state index contributed by atoms with van der Waals surface area (Å²) in [6, 6.07) is 7.84. The number of nitrogens with zero attached hydrogens (tertiary/aromatic N) is 4. The molecule has 1 aromatic carbocycles. The van der Waals surface area contributed by atoms with Crippen LogP contribution in [0.1, 0.15) is 48.9 Å². The van der Waals surface area contributed by atoms with Gasteiger partial charge in [-0.1, -0.05) is 54.2 Å². The first-order valence-electron chi connectivity index (χ1n) is 12.4.